The summed E-state index contributed by atoms with van der Waals surface area (Å²) in [6, 6.07) is 0. The van der Waals surface area contributed by atoms with E-state index in [-0.39, 0.29) is 5.97 Å². The summed E-state index contributed by atoms with van der Waals surface area (Å²) in [5.74, 6) is 0.735. The lowest BCUT2D eigenvalue weighted by Gasteiger charge is -2.23. The molecule has 0 amide bonds. The molecule has 0 aromatic rings. The number of ether oxygens (including phenoxy) is 1. The molecule has 1 heterocycles. The Balaban J connectivity index is 3.10. The van der Waals surface area contributed by atoms with Gasteiger partial charge in [0.2, 0.25) is 0 Å². The lowest BCUT2D eigenvalue weighted by atomic mass is 9.76. The van der Waals surface area contributed by atoms with Crippen LogP contribution in [0.3, 0.4) is 0 Å². The molecule has 0 N–H and O–H groups in total. The van der Waals surface area contributed by atoms with Crippen LogP contribution < -0.4 is 0 Å². The Morgan fingerprint density at radius 2 is 1.94 bits per heavy atom. The molecule has 1 rings (SSSR count). The van der Waals surface area contributed by atoms with E-state index in [1.165, 1.54) is 0 Å². The van der Waals surface area contributed by atoms with Gasteiger partial charge in [0.25, 0.3) is 0 Å². The molecule has 0 aromatic carbocycles. The van der Waals surface area contributed by atoms with Gasteiger partial charge in [0, 0.05) is 0 Å². The molecule has 0 aromatic heterocycles. The number of carbonyl (C=O) groups is 1. The van der Waals surface area contributed by atoms with Crippen molar-refractivity contribution in [1.29, 1.82) is 0 Å². The summed E-state index contributed by atoms with van der Waals surface area (Å²) in [6.45, 7) is 11.4. The average molecular weight is 238 g/mol. The lowest BCUT2D eigenvalue weighted by molar-refractivity contribution is -0.144. The first-order chi connectivity index (χ1) is 7.62. The Hall–Kier alpha value is -0.960. The molecule has 0 radical (unpaired) electrons. The Morgan fingerprint density at radius 3 is 2.38 bits per heavy atom. The lowest BCUT2D eigenvalue weighted by Crippen LogP contribution is -2.27. The third kappa shape index (κ3) is 2.09. The summed E-state index contributed by atoms with van der Waals surface area (Å²) < 4.78 is 5.34. The standard InChI is InChI=1S/C13H18O2S/c1-5-8-13(9-6-2)10(4)11(16-7-3)15-12(13)14/h5-6H,1-2,7-9H2,3-4H3. The minimum Gasteiger partial charge on any atom is -0.419 e. The number of cyclic esters (lactones) is 1. The van der Waals surface area contributed by atoms with Gasteiger partial charge in [-0.05, 0) is 31.1 Å². The predicted octanol–water partition coefficient (Wildman–Crippen LogP) is 3.67. The second kappa shape index (κ2) is 5.39. The van der Waals surface area contributed by atoms with Gasteiger partial charge in [0.1, 0.15) is 5.41 Å². The first-order valence-electron chi connectivity index (χ1n) is 5.40. The molecule has 0 bridgehead atoms. The third-order valence-corrected chi connectivity index (χ3v) is 3.80. The van der Waals surface area contributed by atoms with Gasteiger partial charge in [-0.1, -0.05) is 30.8 Å². The van der Waals surface area contributed by atoms with Crippen molar-refractivity contribution in [2.45, 2.75) is 26.7 Å². The summed E-state index contributed by atoms with van der Waals surface area (Å²) >= 11 is 1.57. The summed E-state index contributed by atoms with van der Waals surface area (Å²) in [7, 11) is 0. The van der Waals surface area contributed by atoms with E-state index in [1.54, 1.807) is 23.9 Å². The molecule has 0 spiro atoms. The smallest absolute Gasteiger partial charge is 0.322 e. The first kappa shape index (κ1) is 13.1. The average Bonchev–Trinajstić information content (AvgIpc) is 2.46. The Morgan fingerprint density at radius 1 is 1.38 bits per heavy atom. The highest BCUT2D eigenvalue weighted by Gasteiger charge is 2.47. The van der Waals surface area contributed by atoms with Gasteiger partial charge in [-0.2, -0.15) is 0 Å². The fraction of sp³-hybridized carbons (Fsp3) is 0.462. The van der Waals surface area contributed by atoms with Crippen molar-refractivity contribution in [1.82, 2.24) is 0 Å². The summed E-state index contributed by atoms with van der Waals surface area (Å²) in [5, 5.41) is 0.760. The van der Waals surface area contributed by atoms with Gasteiger partial charge >= 0.3 is 5.97 Å². The van der Waals surface area contributed by atoms with Crippen LogP contribution in [0.5, 0.6) is 0 Å². The minimum atomic E-state index is -0.555. The fourth-order valence-electron chi connectivity index (χ4n) is 1.92. The van der Waals surface area contributed by atoms with Crippen LogP contribution in [0.2, 0.25) is 0 Å². The van der Waals surface area contributed by atoms with Crippen molar-refractivity contribution in [3.05, 3.63) is 36.0 Å². The van der Waals surface area contributed by atoms with E-state index in [2.05, 4.69) is 13.2 Å². The molecular weight excluding hydrogens is 220 g/mol. The van der Waals surface area contributed by atoms with E-state index < -0.39 is 5.41 Å². The SMILES string of the molecule is C=CCC1(CC=C)C(=O)OC(SCC)=C1C. The van der Waals surface area contributed by atoms with Crippen LogP contribution in [-0.2, 0) is 9.53 Å². The molecule has 2 nitrogen and oxygen atoms in total. The topological polar surface area (TPSA) is 26.3 Å². The van der Waals surface area contributed by atoms with Crippen molar-refractivity contribution >= 4 is 17.7 Å². The molecule has 88 valence electrons. The minimum absolute atomic E-state index is 0.166. The highest BCUT2D eigenvalue weighted by Crippen LogP contribution is 2.47. The fourth-order valence-corrected chi connectivity index (χ4v) is 2.73. The van der Waals surface area contributed by atoms with Crippen LogP contribution in [0.1, 0.15) is 26.7 Å². The van der Waals surface area contributed by atoms with Crippen LogP contribution in [-0.4, -0.2) is 11.7 Å². The molecule has 0 aliphatic carbocycles. The third-order valence-electron chi connectivity index (χ3n) is 2.86. The van der Waals surface area contributed by atoms with E-state index in [1.807, 2.05) is 13.8 Å². The maximum absolute atomic E-state index is 12.0. The van der Waals surface area contributed by atoms with Crippen LogP contribution in [0, 0.1) is 5.41 Å². The van der Waals surface area contributed by atoms with Gasteiger partial charge < -0.3 is 4.74 Å². The number of allylic oxidation sites excluding steroid dienone is 2. The number of rotatable bonds is 6. The second-order valence-corrected chi connectivity index (χ2v) is 5.04. The van der Waals surface area contributed by atoms with E-state index in [9.17, 15) is 4.79 Å². The Kier molecular flexibility index (Phi) is 4.42. The van der Waals surface area contributed by atoms with Crippen molar-refractivity contribution in [2.75, 3.05) is 5.75 Å². The highest BCUT2D eigenvalue weighted by atomic mass is 32.2. The maximum atomic E-state index is 12.0. The number of esters is 1. The molecule has 3 heteroatoms. The first-order valence-corrected chi connectivity index (χ1v) is 6.39. The predicted molar refractivity (Wildman–Crippen MR) is 69.0 cm³/mol. The summed E-state index contributed by atoms with van der Waals surface area (Å²) in [6.07, 6.45) is 4.76. The Bertz CT molecular complexity index is 332. The zero-order valence-electron chi connectivity index (χ0n) is 9.91. The van der Waals surface area contributed by atoms with Crippen LogP contribution in [0.15, 0.2) is 36.0 Å². The number of hydrogen-bond acceptors (Lipinski definition) is 3. The van der Waals surface area contributed by atoms with Gasteiger partial charge in [-0.3, -0.25) is 4.79 Å². The van der Waals surface area contributed by atoms with Crippen LogP contribution in [0.4, 0.5) is 0 Å². The monoisotopic (exact) mass is 238 g/mol. The van der Waals surface area contributed by atoms with E-state index >= 15 is 0 Å². The molecule has 1 aliphatic heterocycles. The quantitative estimate of drug-likeness (QED) is 0.521. The van der Waals surface area contributed by atoms with Crippen LogP contribution >= 0.6 is 11.8 Å². The van der Waals surface area contributed by atoms with Crippen molar-refractivity contribution < 1.29 is 9.53 Å². The number of hydrogen-bond donors (Lipinski definition) is 0. The van der Waals surface area contributed by atoms with Crippen molar-refractivity contribution in [3.63, 3.8) is 0 Å². The molecule has 0 fully saturated rings. The normalized spacial score (nSPS) is 18.5. The Labute approximate surface area is 101 Å². The van der Waals surface area contributed by atoms with Gasteiger partial charge in [-0.15, -0.1) is 13.2 Å². The van der Waals surface area contributed by atoms with Gasteiger partial charge in [-0.25, -0.2) is 0 Å². The van der Waals surface area contributed by atoms with E-state index in [4.69, 9.17) is 4.74 Å². The molecule has 1 aliphatic rings. The molecule has 0 saturated heterocycles. The van der Waals surface area contributed by atoms with E-state index in [0.29, 0.717) is 12.8 Å². The maximum Gasteiger partial charge on any atom is 0.322 e. The van der Waals surface area contributed by atoms with Crippen molar-refractivity contribution in [3.8, 4) is 0 Å². The molecule has 0 atom stereocenters. The number of carbonyl (C=O) groups excluding carboxylic acids is 1. The number of thioether (sulfide) groups is 1. The van der Waals surface area contributed by atoms with E-state index in [0.717, 1.165) is 16.4 Å². The van der Waals surface area contributed by atoms with Gasteiger partial charge in [0.05, 0.1) is 0 Å². The highest BCUT2D eigenvalue weighted by molar-refractivity contribution is 8.02. The van der Waals surface area contributed by atoms with Crippen molar-refractivity contribution in [2.24, 2.45) is 5.41 Å². The van der Waals surface area contributed by atoms with Gasteiger partial charge in [0.15, 0.2) is 5.09 Å². The molecular formula is C13H18O2S. The largest absolute Gasteiger partial charge is 0.419 e. The molecule has 16 heavy (non-hydrogen) atoms. The molecule has 0 unspecified atom stereocenters. The summed E-state index contributed by atoms with van der Waals surface area (Å²) in [5.41, 5.74) is 0.463. The second-order valence-electron chi connectivity index (χ2n) is 3.80. The zero-order valence-corrected chi connectivity index (χ0v) is 10.7. The summed E-state index contributed by atoms with van der Waals surface area (Å²) in [4.78, 5) is 12.0. The molecule has 0 saturated carbocycles. The zero-order chi connectivity index (χ0) is 12.2. The van der Waals surface area contributed by atoms with Crippen LogP contribution in [0.25, 0.3) is 0 Å².